The van der Waals surface area contributed by atoms with Gasteiger partial charge in [-0.3, -0.25) is 19.2 Å². The number of esters is 4. The Morgan fingerprint density at radius 1 is 0.488 bits per heavy atom. The van der Waals surface area contributed by atoms with E-state index in [0.29, 0.717) is 63.6 Å². The standard InChI is InChI=1S/C32H46O11/c33-29(39-19-9-11-23-25(15-19)41-23)7-3-1-5-13-37-31(35)21-17-27-28(43-27)18-22(21)32(36)38-14-6-2-4-8-30(34)40-20-10-12-24-26(16-20)42-24/h19-28H,1-18H2. The molecule has 11 nitrogen and oxygen atoms in total. The first kappa shape index (κ1) is 30.8. The SMILES string of the molecule is O=C(CCCCCOC(=O)C1CC2OC2CC1C(=O)OCCCCCC(=O)OC1CCC2OC2C1)OC1CCC2OC2C1. The lowest BCUT2D eigenvalue weighted by atomic mass is 9.79. The van der Waals surface area contributed by atoms with Crippen LogP contribution in [0.5, 0.6) is 0 Å². The van der Waals surface area contributed by atoms with Crippen LogP contribution in [-0.2, 0) is 52.3 Å². The summed E-state index contributed by atoms with van der Waals surface area (Å²) in [4.78, 5) is 50.0. The van der Waals surface area contributed by atoms with Crippen molar-refractivity contribution in [1.82, 2.24) is 0 Å². The number of carbonyl (C=O) groups is 4. The summed E-state index contributed by atoms with van der Waals surface area (Å²) in [6.07, 6.45) is 12.5. The number of ether oxygens (including phenoxy) is 7. The first-order valence-electron chi connectivity index (χ1n) is 16.6. The normalized spacial score (nSPS) is 36.7. The summed E-state index contributed by atoms with van der Waals surface area (Å²) in [5.74, 6) is -2.24. The smallest absolute Gasteiger partial charge is 0.309 e. The third-order valence-corrected chi connectivity index (χ3v) is 9.80. The number of hydrogen-bond acceptors (Lipinski definition) is 11. The molecule has 6 aliphatic rings. The van der Waals surface area contributed by atoms with Crippen molar-refractivity contribution in [3.8, 4) is 0 Å². The largest absolute Gasteiger partial charge is 0.465 e. The fourth-order valence-electron chi connectivity index (χ4n) is 7.04. The van der Waals surface area contributed by atoms with Crippen molar-refractivity contribution in [1.29, 1.82) is 0 Å². The number of rotatable bonds is 16. The average molecular weight is 607 g/mol. The first-order chi connectivity index (χ1) is 20.9. The van der Waals surface area contributed by atoms with Crippen molar-refractivity contribution in [3.63, 3.8) is 0 Å². The van der Waals surface area contributed by atoms with Crippen LogP contribution in [0.2, 0.25) is 0 Å². The molecule has 3 saturated heterocycles. The monoisotopic (exact) mass is 606 g/mol. The van der Waals surface area contributed by atoms with Gasteiger partial charge in [-0.1, -0.05) is 0 Å². The topological polar surface area (TPSA) is 143 Å². The van der Waals surface area contributed by atoms with Crippen molar-refractivity contribution in [3.05, 3.63) is 0 Å². The van der Waals surface area contributed by atoms with Crippen molar-refractivity contribution >= 4 is 23.9 Å². The molecule has 0 aromatic heterocycles. The number of epoxide rings is 3. The van der Waals surface area contributed by atoms with Gasteiger partial charge in [0.2, 0.25) is 0 Å². The van der Waals surface area contributed by atoms with Crippen LogP contribution in [-0.4, -0.2) is 85.9 Å². The molecule has 3 saturated carbocycles. The maximum Gasteiger partial charge on any atom is 0.309 e. The van der Waals surface area contributed by atoms with Crippen molar-refractivity contribution in [2.75, 3.05) is 13.2 Å². The third-order valence-electron chi connectivity index (χ3n) is 9.80. The molecule has 6 rings (SSSR count). The second kappa shape index (κ2) is 14.2. The van der Waals surface area contributed by atoms with Gasteiger partial charge in [0.1, 0.15) is 12.2 Å². The fourth-order valence-corrected chi connectivity index (χ4v) is 7.04. The quantitative estimate of drug-likeness (QED) is 0.110. The van der Waals surface area contributed by atoms with Crippen LogP contribution in [0.3, 0.4) is 0 Å². The van der Waals surface area contributed by atoms with Gasteiger partial charge in [-0.2, -0.15) is 0 Å². The summed E-state index contributed by atoms with van der Waals surface area (Å²) in [6, 6.07) is 0. The van der Waals surface area contributed by atoms with Gasteiger partial charge in [-0.25, -0.2) is 0 Å². The zero-order chi connectivity index (χ0) is 29.8. The first-order valence-corrected chi connectivity index (χ1v) is 16.6. The van der Waals surface area contributed by atoms with E-state index in [4.69, 9.17) is 33.2 Å². The van der Waals surface area contributed by atoms with E-state index in [-0.39, 0.29) is 73.7 Å². The van der Waals surface area contributed by atoms with Gasteiger partial charge in [0.15, 0.2) is 0 Å². The molecule has 0 radical (unpaired) electrons. The second-order valence-electron chi connectivity index (χ2n) is 13.1. The summed E-state index contributed by atoms with van der Waals surface area (Å²) in [6.45, 7) is 0.504. The molecule has 240 valence electrons. The van der Waals surface area contributed by atoms with Crippen LogP contribution in [0.4, 0.5) is 0 Å². The molecule has 0 amide bonds. The Morgan fingerprint density at radius 2 is 0.907 bits per heavy atom. The van der Waals surface area contributed by atoms with Gasteiger partial charge in [0.25, 0.3) is 0 Å². The van der Waals surface area contributed by atoms with Gasteiger partial charge in [-0.05, 0) is 77.0 Å². The van der Waals surface area contributed by atoms with Crippen LogP contribution in [0.15, 0.2) is 0 Å². The number of unbranched alkanes of at least 4 members (excludes halogenated alkanes) is 4. The lowest BCUT2D eigenvalue weighted by Crippen LogP contribution is -2.37. The predicted octanol–water partition coefficient (Wildman–Crippen LogP) is 3.71. The summed E-state index contributed by atoms with van der Waals surface area (Å²) < 4.78 is 38.8. The Labute approximate surface area is 252 Å². The van der Waals surface area contributed by atoms with Gasteiger partial charge >= 0.3 is 23.9 Å². The van der Waals surface area contributed by atoms with Crippen LogP contribution in [0.25, 0.3) is 0 Å². The molecule has 10 atom stereocenters. The van der Waals surface area contributed by atoms with E-state index in [1.165, 1.54) is 0 Å². The van der Waals surface area contributed by atoms with Gasteiger partial charge in [0.05, 0.1) is 61.7 Å². The van der Waals surface area contributed by atoms with Gasteiger partial charge < -0.3 is 33.2 Å². The lowest BCUT2D eigenvalue weighted by Gasteiger charge is -2.26. The predicted molar refractivity (Wildman–Crippen MR) is 149 cm³/mol. The molecule has 6 fully saturated rings. The van der Waals surface area contributed by atoms with Crippen molar-refractivity contribution < 1.29 is 52.3 Å². The van der Waals surface area contributed by atoms with Gasteiger partial charge in [-0.15, -0.1) is 0 Å². The molecular formula is C32H46O11. The Hall–Kier alpha value is -2.24. The van der Waals surface area contributed by atoms with Crippen LogP contribution in [0, 0.1) is 11.8 Å². The summed E-state index contributed by atoms with van der Waals surface area (Å²) in [5.41, 5.74) is 0. The Morgan fingerprint density at radius 3 is 1.35 bits per heavy atom. The van der Waals surface area contributed by atoms with Gasteiger partial charge in [0, 0.05) is 25.7 Å². The maximum atomic E-state index is 12.9. The summed E-state index contributed by atoms with van der Waals surface area (Å²) >= 11 is 0. The molecule has 10 unspecified atom stereocenters. The number of fused-ring (bicyclic) bond motifs is 3. The van der Waals surface area contributed by atoms with E-state index in [1.807, 2.05) is 0 Å². The fraction of sp³-hybridized carbons (Fsp3) is 0.875. The van der Waals surface area contributed by atoms with Crippen molar-refractivity contribution in [2.45, 2.75) is 152 Å². The highest BCUT2D eigenvalue weighted by Crippen LogP contribution is 2.44. The highest BCUT2D eigenvalue weighted by atomic mass is 16.6. The summed E-state index contributed by atoms with van der Waals surface area (Å²) in [5, 5.41) is 0. The molecule has 0 bridgehead atoms. The molecule has 3 heterocycles. The minimum absolute atomic E-state index is 0.0146. The molecular weight excluding hydrogens is 560 g/mol. The van der Waals surface area contributed by atoms with Crippen LogP contribution < -0.4 is 0 Å². The van der Waals surface area contributed by atoms with E-state index < -0.39 is 11.8 Å². The van der Waals surface area contributed by atoms with E-state index in [0.717, 1.165) is 51.4 Å². The molecule has 0 N–H and O–H groups in total. The average Bonchev–Trinajstić information content (AvgIpc) is 3.88. The minimum Gasteiger partial charge on any atom is -0.465 e. The molecule has 43 heavy (non-hydrogen) atoms. The number of carbonyl (C=O) groups excluding carboxylic acids is 4. The molecule has 0 spiro atoms. The highest BCUT2D eigenvalue weighted by molar-refractivity contribution is 5.82. The van der Waals surface area contributed by atoms with E-state index in [1.54, 1.807) is 0 Å². The Bertz CT molecular complexity index is 937. The lowest BCUT2D eigenvalue weighted by molar-refractivity contribution is -0.162. The Kier molecular flexibility index (Phi) is 10.2. The van der Waals surface area contributed by atoms with E-state index >= 15 is 0 Å². The molecule has 0 aromatic carbocycles. The molecule has 11 heteroatoms. The molecule has 3 aliphatic heterocycles. The second-order valence-corrected chi connectivity index (χ2v) is 13.1. The van der Waals surface area contributed by atoms with Crippen LogP contribution >= 0.6 is 0 Å². The minimum atomic E-state index is -0.567. The van der Waals surface area contributed by atoms with E-state index in [9.17, 15) is 19.2 Å². The van der Waals surface area contributed by atoms with E-state index in [2.05, 4.69) is 0 Å². The molecule has 0 aromatic rings. The zero-order valence-electron chi connectivity index (χ0n) is 25.0. The maximum absolute atomic E-state index is 12.9. The third kappa shape index (κ3) is 8.91. The molecule has 3 aliphatic carbocycles. The Balaban J connectivity index is 0.804. The summed E-state index contributed by atoms with van der Waals surface area (Å²) in [7, 11) is 0. The zero-order valence-corrected chi connectivity index (χ0v) is 25.0. The number of hydrogen-bond donors (Lipinski definition) is 0. The van der Waals surface area contributed by atoms with Crippen molar-refractivity contribution in [2.24, 2.45) is 11.8 Å². The van der Waals surface area contributed by atoms with Crippen LogP contribution in [0.1, 0.15) is 103 Å². The highest BCUT2D eigenvalue weighted by Gasteiger charge is 2.53.